The molecule has 0 fully saturated rings. The Balaban J connectivity index is 1.77. The van der Waals surface area contributed by atoms with Crippen LogP contribution in [0.25, 0.3) is 11.4 Å². The fourth-order valence-corrected chi connectivity index (χ4v) is 3.16. The normalized spacial score (nSPS) is 11.7. The third-order valence-corrected chi connectivity index (χ3v) is 4.66. The lowest BCUT2D eigenvalue weighted by molar-refractivity contribution is 0.0850. The van der Waals surface area contributed by atoms with Crippen molar-refractivity contribution < 1.29 is 28.3 Å². The first kappa shape index (κ1) is 24.7. The van der Waals surface area contributed by atoms with Gasteiger partial charge in [0.15, 0.2) is 11.4 Å². The molecule has 1 N–H and O–H groups in total. The topological polar surface area (TPSA) is 126 Å². The SMILES string of the molecule is COc1ccnc(C(=O)N[C@@H](C)c2nc(-c3cc(C)cc(C)c3)no2)c1OC(=O)OCC(C)C. The fraction of sp³-hybridized carbons (Fsp3) is 0.375. The summed E-state index contributed by atoms with van der Waals surface area (Å²) in [5, 5.41) is 6.76. The molecule has 0 saturated heterocycles. The van der Waals surface area contributed by atoms with Crippen LogP contribution in [0.3, 0.4) is 0 Å². The molecule has 10 nitrogen and oxygen atoms in total. The van der Waals surface area contributed by atoms with E-state index in [9.17, 15) is 9.59 Å². The molecule has 1 amide bonds. The van der Waals surface area contributed by atoms with Crippen molar-refractivity contribution >= 4 is 12.1 Å². The number of hydrogen-bond acceptors (Lipinski definition) is 9. The molecule has 3 aromatic rings. The van der Waals surface area contributed by atoms with Crippen molar-refractivity contribution in [1.29, 1.82) is 0 Å². The molecule has 0 saturated carbocycles. The number of rotatable bonds is 8. The maximum atomic E-state index is 13.0. The lowest BCUT2D eigenvalue weighted by atomic mass is 10.1. The Morgan fingerprint density at radius 1 is 1.12 bits per heavy atom. The molecule has 180 valence electrons. The number of amides is 1. The maximum absolute atomic E-state index is 13.0. The standard InChI is InChI=1S/C24H28N4O6/c1-13(2)12-32-24(30)33-20-18(31-6)7-8-25-19(20)22(29)26-16(5)23-27-21(28-34-23)17-10-14(3)9-15(4)11-17/h7-11,13,16H,12H2,1-6H3,(H,26,29)/t16-/m0/s1. The molecule has 0 spiro atoms. The van der Waals surface area contributed by atoms with Gasteiger partial charge >= 0.3 is 6.16 Å². The highest BCUT2D eigenvalue weighted by Gasteiger charge is 2.25. The molecule has 2 aromatic heterocycles. The van der Waals surface area contributed by atoms with E-state index in [-0.39, 0.29) is 35.6 Å². The van der Waals surface area contributed by atoms with Crippen molar-refractivity contribution in [2.24, 2.45) is 5.92 Å². The fourth-order valence-electron chi connectivity index (χ4n) is 3.16. The summed E-state index contributed by atoms with van der Waals surface area (Å²) in [6.07, 6.45) is 0.410. The van der Waals surface area contributed by atoms with Gasteiger partial charge in [0.1, 0.15) is 6.04 Å². The van der Waals surface area contributed by atoms with Crippen LogP contribution in [0.1, 0.15) is 54.3 Å². The molecule has 10 heteroatoms. The van der Waals surface area contributed by atoms with Gasteiger partial charge in [-0.15, -0.1) is 0 Å². The maximum Gasteiger partial charge on any atom is 0.514 e. The average Bonchev–Trinajstić information content (AvgIpc) is 3.27. The Morgan fingerprint density at radius 3 is 2.47 bits per heavy atom. The minimum Gasteiger partial charge on any atom is -0.493 e. The van der Waals surface area contributed by atoms with Crippen LogP contribution in [-0.2, 0) is 4.74 Å². The van der Waals surface area contributed by atoms with Gasteiger partial charge in [-0.05, 0) is 38.8 Å². The second kappa shape index (κ2) is 10.8. The Kier molecular flexibility index (Phi) is 7.83. The highest BCUT2D eigenvalue weighted by molar-refractivity contribution is 5.96. The van der Waals surface area contributed by atoms with Gasteiger partial charge in [-0.25, -0.2) is 9.78 Å². The zero-order valence-corrected chi connectivity index (χ0v) is 20.0. The number of benzene rings is 1. The number of aryl methyl sites for hydroxylation is 2. The summed E-state index contributed by atoms with van der Waals surface area (Å²) in [4.78, 5) is 33.6. The summed E-state index contributed by atoms with van der Waals surface area (Å²) in [7, 11) is 1.39. The minimum atomic E-state index is -0.961. The Bertz CT molecular complexity index is 1150. The van der Waals surface area contributed by atoms with E-state index in [2.05, 4.69) is 20.4 Å². The lowest BCUT2D eigenvalue weighted by Crippen LogP contribution is -2.28. The monoisotopic (exact) mass is 468 g/mol. The number of nitrogens with zero attached hydrogens (tertiary/aromatic N) is 3. The first-order valence-electron chi connectivity index (χ1n) is 10.8. The first-order valence-corrected chi connectivity index (χ1v) is 10.8. The average molecular weight is 469 g/mol. The second-order valence-corrected chi connectivity index (χ2v) is 8.28. The predicted octanol–water partition coefficient (Wildman–Crippen LogP) is 4.42. The van der Waals surface area contributed by atoms with Gasteiger partial charge < -0.3 is 24.1 Å². The molecule has 0 aliphatic rings. The molecule has 0 unspecified atom stereocenters. The van der Waals surface area contributed by atoms with Crippen molar-refractivity contribution in [1.82, 2.24) is 20.4 Å². The highest BCUT2D eigenvalue weighted by atomic mass is 16.7. The summed E-state index contributed by atoms with van der Waals surface area (Å²) >= 11 is 0. The van der Waals surface area contributed by atoms with E-state index in [0.717, 1.165) is 16.7 Å². The van der Waals surface area contributed by atoms with Gasteiger partial charge in [0.05, 0.1) is 13.7 Å². The van der Waals surface area contributed by atoms with Gasteiger partial charge in [-0.3, -0.25) is 4.79 Å². The van der Waals surface area contributed by atoms with Crippen LogP contribution >= 0.6 is 0 Å². The predicted molar refractivity (Wildman–Crippen MR) is 123 cm³/mol. The molecule has 0 radical (unpaired) electrons. The number of pyridine rings is 1. The van der Waals surface area contributed by atoms with Crippen LogP contribution < -0.4 is 14.8 Å². The van der Waals surface area contributed by atoms with Crippen molar-refractivity contribution in [2.75, 3.05) is 13.7 Å². The van der Waals surface area contributed by atoms with Crippen molar-refractivity contribution in [3.05, 3.63) is 53.2 Å². The van der Waals surface area contributed by atoms with Gasteiger partial charge in [0.2, 0.25) is 17.5 Å². The third kappa shape index (κ3) is 6.09. The van der Waals surface area contributed by atoms with E-state index in [4.69, 9.17) is 18.7 Å². The van der Waals surface area contributed by atoms with Crippen molar-refractivity contribution in [2.45, 2.75) is 40.7 Å². The van der Waals surface area contributed by atoms with Crippen LogP contribution in [0.4, 0.5) is 4.79 Å². The molecular weight excluding hydrogens is 440 g/mol. The second-order valence-electron chi connectivity index (χ2n) is 8.28. The summed E-state index contributed by atoms with van der Waals surface area (Å²) in [6, 6.07) is 6.78. The van der Waals surface area contributed by atoms with Crippen LogP contribution in [0, 0.1) is 19.8 Å². The quantitative estimate of drug-likeness (QED) is 0.478. The number of carbonyl (C=O) groups is 2. The van der Waals surface area contributed by atoms with Crippen LogP contribution in [0.2, 0.25) is 0 Å². The molecule has 0 bridgehead atoms. The van der Waals surface area contributed by atoms with E-state index in [0.29, 0.717) is 5.82 Å². The summed E-state index contributed by atoms with van der Waals surface area (Å²) in [5.41, 5.74) is 2.82. The number of ether oxygens (including phenoxy) is 3. The highest BCUT2D eigenvalue weighted by Crippen LogP contribution is 2.30. The van der Waals surface area contributed by atoms with Gasteiger partial charge in [0.25, 0.3) is 5.91 Å². The van der Waals surface area contributed by atoms with E-state index < -0.39 is 18.1 Å². The lowest BCUT2D eigenvalue weighted by Gasteiger charge is -2.14. The Morgan fingerprint density at radius 2 is 1.82 bits per heavy atom. The van der Waals surface area contributed by atoms with E-state index in [1.165, 1.54) is 19.4 Å². The first-order chi connectivity index (χ1) is 16.2. The smallest absolute Gasteiger partial charge is 0.493 e. The van der Waals surface area contributed by atoms with Crippen molar-refractivity contribution in [3.63, 3.8) is 0 Å². The number of hydrogen-bond donors (Lipinski definition) is 1. The van der Waals surface area contributed by atoms with E-state index >= 15 is 0 Å². The summed E-state index contributed by atoms with van der Waals surface area (Å²) in [5.74, 6) is 0.136. The zero-order valence-electron chi connectivity index (χ0n) is 20.0. The van der Waals surface area contributed by atoms with E-state index in [1.807, 2.05) is 45.9 Å². The van der Waals surface area contributed by atoms with Crippen molar-refractivity contribution in [3.8, 4) is 22.9 Å². The largest absolute Gasteiger partial charge is 0.514 e. The van der Waals surface area contributed by atoms with Crippen LogP contribution in [0.15, 0.2) is 35.0 Å². The molecule has 1 atom stereocenters. The minimum absolute atomic E-state index is 0.120. The van der Waals surface area contributed by atoms with Gasteiger partial charge in [-0.1, -0.05) is 36.2 Å². The van der Waals surface area contributed by atoms with Crippen LogP contribution in [0.5, 0.6) is 11.5 Å². The summed E-state index contributed by atoms with van der Waals surface area (Å²) < 4.78 is 20.9. The van der Waals surface area contributed by atoms with E-state index in [1.54, 1.807) is 6.92 Å². The zero-order chi connectivity index (χ0) is 24.8. The Labute approximate surface area is 197 Å². The molecule has 1 aromatic carbocycles. The number of carbonyl (C=O) groups excluding carboxylic acids is 2. The summed E-state index contributed by atoms with van der Waals surface area (Å²) in [6.45, 7) is 9.61. The van der Waals surface area contributed by atoms with Gasteiger partial charge in [-0.2, -0.15) is 4.98 Å². The third-order valence-electron chi connectivity index (χ3n) is 4.66. The molecule has 3 rings (SSSR count). The molecule has 34 heavy (non-hydrogen) atoms. The molecule has 2 heterocycles. The van der Waals surface area contributed by atoms with Gasteiger partial charge in [0, 0.05) is 17.8 Å². The molecule has 0 aliphatic heterocycles. The molecule has 0 aliphatic carbocycles. The number of aromatic nitrogens is 3. The van der Waals surface area contributed by atoms with Crippen LogP contribution in [-0.4, -0.2) is 40.9 Å². The Hall–Kier alpha value is -3.95. The number of methoxy groups -OCH3 is 1. The molecular formula is C24H28N4O6. The number of nitrogens with one attached hydrogen (secondary N) is 1.